The second-order valence-corrected chi connectivity index (χ2v) is 6.97. The van der Waals surface area contributed by atoms with E-state index in [1.54, 1.807) is 0 Å². The Morgan fingerprint density at radius 1 is 1.29 bits per heavy atom. The number of nitrogens with one attached hydrogen (secondary N) is 2. The maximum Gasteiger partial charge on any atom is 0.317 e. The molecule has 0 saturated carbocycles. The van der Waals surface area contributed by atoms with E-state index in [1.165, 1.54) is 0 Å². The van der Waals surface area contributed by atoms with E-state index in [4.69, 9.17) is 0 Å². The van der Waals surface area contributed by atoms with Gasteiger partial charge >= 0.3 is 6.03 Å². The molecule has 2 N–H and O–H groups in total. The molecule has 0 aromatic heterocycles. The van der Waals surface area contributed by atoms with Gasteiger partial charge in [0.25, 0.3) is 0 Å². The van der Waals surface area contributed by atoms with Crippen LogP contribution in [0.4, 0.5) is 10.5 Å². The maximum atomic E-state index is 12.4. The van der Waals surface area contributed by atoms with Crippen LogP contribution in [-0.2, 0) is 6.54 Å². The van der Waals surface area contributed by atoms with Crippen molar-refractivity contribution in [3.63, 3.8) is 0 Å². The summed E-state index contributed by atoms with van der Waals surface area (Å²) in [4.78, 5) is 16.8. The Hall–Kier alpha value is -2.01. The Labute approximate surface area is 144 Å². The number of nitrogens with zero attached hydrogens (tertiary/aromatic N) is 2. The number of rotatable bonds is 5. The van der Waals surface area contributed by atoms with Crippen LogP contribution in [-0.4, -0.2) is 54.1 Å². The van der Waals surface area contributed by atoms with Gasteiger partial charge in [-0.2, -0.15) is 0 Å². The van der Waals surface area contributed by atoms with Crippen LogP contribution in [0.15, 0.2) is 36.4 Å². The number of likely N-dealkylation sites (tertiary alicyclic amines) is 1. The van der Waals surface area contributed by atoms with E-state index in [2.05, 4.69) is 59.7 Å². The molecule has 0 unspecified atom stereocenters. The number of hydrogen-bond acceptors (Lipinski definition) is 3. The third-order valence-corrected chi connectivity index (χ3v) is 4.64. The molecule has 1 saturated heterocycles. The molecule has 1 aromatic rings. The molecule has 0 aliphatic carbocycles. The molecule has 5 nitrogen and oxygen atoms in total. The molecular formula is C19H28N4O. The van der Waals surface area contributed by atoms with E-state index in [-0.39, 0.29) is 6.03 Å². The fraction of sp³-hybridized carbons (Fsp3) is 0.526. The zero-order valence-electron chi connectivity index (χ0n) is 14.7. The molecule has 2 amide bonds. The summed E-state index contributed by atoms with van der Waals surface area (Å²) in [6.45, 7) is 8.54. The van der Waals surface area contributed by atoms with Crippen LogP contribution in [0.2, 0.25) is 0 Å². The normalized spacial score (nSPS) is 20.8. The fourth-order valence-corrected chi connectivity index (χ4v) is 3.41. The summed E-state index contributed by atoms with van der Waals surface area (Å²) in [6, 6.07) is 9.18. The second kappa shape index (κ2) is 7.71. The molecule has 1 aromatic carbocycles. The summed E-state index contributed by atoms with van der Waals surface area (Å²) in [7, 11) is 0. The average molecular weight is 328 g/mol. The Morgan fingerprint density at radius 2 is 2.08 bits per heavy atom. The van der Waals surface area contributed by atoms with Crippen LogP contribution >= 0.6 is 0 Å². The van der Waals surface area contributed by atoms with Gasteiger partial charge in [-0.3, -0.25) is 4.90 Å². The van der Waals surface area contributed by atoms with Gasteiger partial charge in [0.15, 0.2) is 0 Å². The molecule has 24 heavy (non-hydrogen) atoms. The van der Waals surface area contributed by atoms with Crippen LogP contribution in [0.25, 0.3) is 0 Å². The van der Waals surface area contributed by atoms with Gasteiger partial charge in [0, 0.05) is 50.5 Å². The number of amides is 2. The lowest BCUT2D eigenvalue weighted by Gasteiger charge is -2.23. The minimum absolute atomic E-state index is 0.0480. The topological polar surface area (TPSA) is 47.6 Å². The van der Waals surface area contributed by atoms with Crippen molar-refractivity contribution in [2.45, 2.75) is 38.9 Å². The molecule has 2 aliphatic heterocycles. The lowest BCUT2D eigenvalue weighted by molar-refractivity contribution is 0.199. The monoisotopic (exact) mass is 328 g/mol. The lowest BCUT2D eigenvalue weighted by atomic mass is 10.2. The van der Waals surface area contributed by atoms with E-state index >= 15 is 0 Å². The fourth-order valence-electron chi connectivity index (χ4n) is 3.41. The zero-order valence-corrected chi connectivity index (χ0v) is 14.7. The Morgan fingerprint density at radius 3 is 2.83 bits per heavy atom. The van der Waals surface area contributed by atoms with Crippen molar-refractivity contribution in [1.82, 2.24) is 15.1 Å². The van der Waals surface area contributed by atoms with E-state index in [0.29, 0.717) is 18.6 Å². The average Bonchev–Trinajstić information content (AvgIpc) is 3.23. The first-order chi connectivity index (χ1) is 11.6. The predicted molar refractivity (Wildman–Crippen MR) is 98.1 cm³/mol. The Bertz CT molecular complexity index is 591. The molecule has 5 heteroatoms. The van der Waals surface area contributed by atoms with E-state index in [0.717, 1.165) is 43.9 Å². The van der Waals surface area contributed by atoms with Gasteiger partial charge in [-0.25, -0.2) is 4.79 Å². The summed E-state index contributed by atoms with van der Waals surface area (Å²) in [5.41, 5.74) is 2.22. The number of carbonyl (C=O) groups is 1. The van der Waals surface area contributed by atoms with Crippen molar-refractivity contribution in [1.29, 1.82) is 0 Å². The van der Waals surface area contributed by atoms with Gasteiger partial charge in [0.2, 0.25) is 0 Å². The quantitative estimate of drug-likeness (QED) is 0.817. The summed E-state index contributed by atoms with van der Waals surface area (Å²) < 4.78 is 0. The smallest absolute Gasteiger partial charge is 0.317 e. The molecule has 1 atom stereocenters. The van der Waals surface area contributed by atoms with Crippen molar-refractivity contribution in [2.75, 3.05) is 31.5 Å². The zero-order chi connectivity index (χ0) is 16.9. The summed E-state index contributed by atoms with van der Waals surface area (Å²) in [5.74, 6) is 0. The highest BCUT2D eigenvalue weighted by Crippen LogP contribution is 2.18. The van der Waals surface area contributed by atoms with Crippen molar-refractivity contribution in [3.8, 4) is 0 Å². The predicted octanol–water partition coefficient (Wildman–Crippen LogP) is 2.66. The molecule has 0 bridgehead atoms. The third kappa shape index (κ3) is 4.29. The molecule has 0 spiro atoms. The summed E-state index contributed by atoms with van der Waals surface area (Å²) in [6.07, 6.45) is 5.49. The summed E-state index contributed by atoms with van der Waals surface area (Å²) >= 11 is 0. The van der Waals surface area contributed by atoms with Gasteiger partial charge in [-0.05, 0) is 38.0 Å². The molecule has 2 heterocycles. The minimum Gasteiger partial charge on any atom is -0.383 e. The van der Waals surface area contributed by atoms with Crippen molar-refractivity contribution in [2.24, 2.45) is 0 Å². The summed E-state index contributed by atoms with van der Waals surface area (Å²) in [5, 5.41) is 6.45. The number of urea groups is 1. The molecule has 3 rings (SSSR count). The molecule has 2 aliphatic rings. The standard InChI is InChI=1S/C19H28N4O/c1-15(2)21-17-7-5-6-16(12-17)13-20-19(24)23-11-8-18(14-23)22-9-3-4-10-22/h3-7,12,15,18,21H,8-11,13-14H2,1-2H3,(H,20,24)/t18-/m1/s1. The molecule has 0 radical (unpaired) electrons. The SMILES string of the molecule is CC(C)Nc1cccc(CNC(=O)N2CC[C@@H](N3CC=CC3)C2)c1. The second-order valence-electron chi connectivity index (χ2n) is 6.97. The van der Waals surface area contributed by atoms with E-state index in [1.807, 2.05) is 11.0 Å². The van der Waals surface area contributed by atoms with Crippen LogP contribution < -0.4 is 10.6 Å². The highest BCUT2D eigenvalue weighted by Gasteiger charge is 2.30. The van der Waals surface area contributed by atoms with Gasteiger partial charge in [-0.1, -0.05) is 24.3 Å². The van der Waals surface area contributed by atoms with Crippen LogP contribution in [0.3, 0.4) is 0 Å². The Kier molecular flexibility index (Phi) is 5.41. The number of anilines is 1. The largest absolute Gasteiger partial charge is 0.383 e. The minimum atomic E-state index is 0.0480. The van der Waals surface area contributed by atoms with Crippen LogP contribution in [0, 0.1) is 0 Å². The lowest BCUT2D eigenvalue weighted by Crippen LogP contribution is -2.41. The molecule has 1 fully saturated rings. The first-order valence-corrected chi connectivity index (χ1v) is 8.89. The Balaban J connectivity index is 1.47. The highest BCUT2D eigenvalue weighted by atomic mass is 16.2. The number of carbonyl (C=O) groups excluding carboxylic acids is 1. The first-order valence-electron chi connectivity index (χ1n) is 8.89. The third-order valence-electron chi connectivity index (χ3n) is 4.64. The maximum absolute atomic E-state index is 12.4. The van der Waals surface area contributed by atoms with Gasteiger partial charge in [-0.15, -0.1) is 0 Å². The van der Waals surface area contributed by atoms with Gasteiger partial charge in [0.1, 0.15) is 0 Å². The van der Waals surface area contributed by atoms with Crippen LogP contribution in [0.1, 0.15) is 25.8 Å². The molecular weight excluding hydrogens is 300 g/mol. The number of benzene rings is 1. The van der Waals surface area contributed by atoms with E-state index < -0.39 is 0 Å². The number of hydrogen-bond donors (Lipinski definition) is 2. The first kappa shape index (κ1) is 16.8. The van der Waals surface area contributed by atoms with Gasteiger partial charge in [0.05, 0.1) is 0 Å². The van der Waals surface area contributed by atoms with E-state index in [9.17, 15) is 4.79 Å². The van der Waals surface area contributed by atoms with Crippen LogP contribution in [0.5, 0.6) is 0 Å². The van der Waals surface area contributed by atoms with Gasteiger partial charge < -0.3 is 15.5 Å². The van der Waals surface area contributed by atoms with Crippen molar-refractivity contribution < 1.29 is 4.79 Å². The van der Waals surface area contributed by atoms with Crippen molar-refractivity contribution in [3.05, 3.63) is 42.0 Å². The van der Waals surface area contributed by atoms with Crippen molar-refractivity contribution >= 4 is 11.7 Å². The highest BCUT2D eigenvalue weighted by molar-refractivity contribution is 5.74. The molecule has 130 valence electrons.